The number of hydrogen-bond acceptors (Lipinski definition) is 4. The molecule has 0 radical (unpaired) electrons. The van der Waals surface area contributed by atoms with E-state index in [1.165, 1.54) is 11.1 Å². The minimum absolute atomic E-state index is 0.0279. The minimum Gasteiger partial charge on any atom is -0.443 e. The van der Waals surface area contributed by atoms with E-state index < -0.39 is 0 Å². The van der Waals surface area contributed by atoms with Crippen LogP contribution >= 0.6 is 11.8 Å². The van der Waals surface area contributed by atoms with E-state index in [1.807, 2.05) is 11.8 Å². The van der Waals surface area contributed by atoms with Crippen molar-refractivity contribution in [3.63, 3.8) is 0 Å². The first-order chi connectivity index (χ1) is 12.4. The summed E-state index contributed by atoms with van der Waals surface area (Å²) in [5.74, 6) is 4.37. The summed E-state index contributed by atoms with van der Waals surface area (Å²) < 4.78 is 5.78. The molecule has 1 aromatic carbocycles. The zero-order valence-electron chi connectivity index (χ0n) is 16.4. The fourth-order valence-corrected chi connectivity index (χ4v) is 3.05. The molecule has 0 unspecified atom stereocenters. The molecule has 0 aliphatic heterocycles. The molecule has 0 fully saturated rings. The van der Waals surface area contributed by atoms with Crippen LogP contribution in [0.2, 0.25) is 0 Å². The molecule has 2 rings (SSSR count). The number of guanidine groups is 1. The number of hydrogen-bond donors (Lipinski definition) is 2. The van der Waals surface area contributed by atoms with Gasteiger partial charge in [0.2, 0.25) is 5.89 Å². The second kappa shape index (κ2) is 9.67. The zero-order valence-corrected chi connectivity index (χ0v) is 17.2. The predicted molar refractivity (Wildman–Crippen MR) is 111 cm³/mol. The third-order valence-electron chi connectivity index (χ3n) is 3.85. The van der Waals surface area contributed by atoms with E-state index >= 15 is 0 Å². The SMILES string of the molecule is CN=C(NCCSCc1ccc(C)cc1)NCc1ncc(C(C)(C)C)o1. The van der Waals surface area contributed by atoms with Gasteiger partial charge in [0.1, 0.15) is 5.76 Å². The molecule has 2 aromatic rings. The van der Waals surface area contributed by atoms with Gasteiger partial charge in [-0.05, 0) is 12.5 Å². The molecule has 0 saturated carbocycles. The van der Waals surface area contributed by atoms with E-state index in [9.17, 15) is 0 Å². The Labute approximate surface area is 161 Å². The third-order valence-corrected chi connectivity index (χ3v) is 4.88. The largest absolute Gasteiger partial charge is 0.443 e. The Morgan fingerprint density at radius 2 is 1.92 bits per heavy atom. The van der Waals surface area contributed by atoms with Gasteiger partial charge < -0.3 is 15.1 Å². The normalized spacial score (nSPS) is 12.3. The third kappa shape index (κ3) is 6.75. The molecule has 6 heteroatoms. The van der Waals surface area contributed by atoms with Crippen molar-refractivity contribution in [1.82, 2.24) is 15.6 Å². The number of oxazole rings is 1. The Morgan fingerprint density at radius 3 is 2.54 bits per heavy atom. The van der Waals surface area contributed by atoms with Crippen LogP contribution in [-0.4, -0.2) is 30.3 Å². The molecule has 26 heavy (non-hydrogen) atoms. The highest BCUT2D eigenvalue weighted by molar-refractivity contribution is 7.98. The molecule has 0 atom stereocenters. The average Bonchev–Trinajstić information content (AvgIpc) is 3.08. The monoisotopic (exact) mass is 374 g/mol. The number of aliphatic imine (C=N–C) groups is 1. The van der Waals surface area contributed by atoms with Crippen molar-refractivity contribution < 1.29 is 4.42 Å². The lowest BCUT2D eigenvalue weighted by molar-refractivity contribution is 0.379. The van der Waals surface area contributed by atoms with Crippen molar-refractivity contribution in [2.45, 2.75) is 45.4 Å². The summed E-state index contributed by atoms with van der Waals surface area (Å²) in [5.41, 5.74) is 2.64. The maximum Gasteiger partial charge on any atom is 0.213 e. The molecule has 2 N–H and O–H groups in total. The lowest BCUT2D eigenvalue weighted by Gasteiger charge is -2.13. The van der Waals surface area contributed by atoms with E-state index in [-0.39, 0.29) is 5.41 Å². The minimum atomic E-state index is -0.0279. The second-order valence-corrected chi connectivity index (χ2v) is 8.36. The van der Waals surface area contributed by atoms with Crippen molar-refractivity contribution in [2.75, 3.05) is 19.3 Å². The van der Waals surface area contributed by atoms with E-state index in [0.29, 0.717) is 12.4 Å². The number of aromatic nitrogens is 1. The fraction of sp³-hybridized carbons (Fsp3) is 0.500. The summed E-state index contributed by atoms with van der Waals surface area (Å²) in [4.78, 5) is 8.56. The van der Waals surface area contributed by atoms with Crippen LogP contribution in [0.1, 0.15) is 43.5 Å². The van der Waals surface area contributed by atoms with Crippen molar-refractivity contribution in [3.05, 3.63) is 53.2 Å². The summed E-state index contributed by atoms with van der Waals surface area (Å²) in [6.45, 7) is 9.82. The summed E-state index contributed by atoms with van der Waals surface area (Å²) in [6.07, 6.45) is 1.80. The van der Waals surface area contributed by atoms with Gasteiger partial charge in [0.25, 0.3) is 0 Å². The van der Waals surface area contributed by atoms with Gasteiger partial charge >= 0.3 is 0 Å². The summed E-state index contributed by atoms with van der Waals surface area (Å²) in [5, 5.41) is 6.56. The van der Waals surface area contributed by atoms with Gasteiger partial charge in [-0.2, -0.15) is 11.8 Å². The summed E-state index contributed by atoms with van der Waals surface area (Å²) in [7, 11) is 1.77. The van der Waals surface area contributed by atoms with Crippen molar-refractivity contribution in [1.29, 1.82) is 0 Å². The quantitative estimate of drug-likeness (QED) is 0.437. The standard InChI is InChI=1S/C20H30N4OS/c1-15-6-8-16(9-7-15)14-26-11-10-22-19(21-5)24-13-18-23-12-17(25-18)20(2,3)4/h6-9,12H,10-11,13-14H2,1-5H3,(H2,21,22,24). The molecule has 1 heterocycles. The molecule has 0 bridgehead atoms. The molecule has 0 aliphatic rings. The van der Waals surface area contributed by atoms with Gasteiger partial charge in [-0.3, -0.25) is 4.99 Å². The van der Waals surface area contributed by atoms with Gasteiger partial charge in [0.05, 0.1) is 12.7 Å². The van der Waals surface area contributed by atoms with E-state index in [2.05, 4.69) is 72.6 Å². The first kappa shape index (κ1) is 20.4. The number of rotatable bonds is 7. The van der Waals surface area contributed by atoms with Crippen LogP contribution in [-0.2, 0) is 17.7 Å². The van der Waals surface area contributed by atoms with E-state index in [0.717, 1.165) is 29.8 Å². The van der Waals surface area contributed by atoms with Crippen LogP contribution in [0.5, 0.6) is 0 Å². The van der Waals surface area contributed by atoms with Gasteiger partial charge in [0.15, 0.2) is 5.96 Å². The number of thioether (sulfide) groups is 1. The van der Waals surface area contributed by atoms with E-state index in [4.69, 9.17) is 4.42 Å². The topological polar surface area (TPSA) is 62.5 Å². The Balaban J connectivity index is 1.66. The van der Waals surface area contributed by atoms with Crippen molar-refractivity contribution >= 4 is 17.7 Å². The lowest BCUT2D eigenvalue weighted by atomic mass is 9.94. The molecule has 0 aliphatic carbocycles. The van der Waals surface area contributed by atoms with Crippen LogP contribution in [0.3, 0.4) is 0 Å². The molecule has 0 saturated heterocycles. The highest BCUT2D eigenvalue weighted by Gasteiger charge is 2.19. The molecule has 1 aromatic heterocycles. The molecule has 5 nitrogen and oxygen atoms in total. The Hall–Kier alpha value is -1.95. The van der Waals surface area contributed by atoms with Gasteiger partial charge in [-0.15, -0.1) is 0 Å². The molecular weight excluding hydrogens is 344 g/mol. The van der Waals surface area contributed by atoms with E-state index in [1.54, 1.807) is 13.2 Å². The Kier molecular flexibility index (Phi) is 7.57. The highest BCUT2D eigenvalue weighted by atomic mass is 32.2. The fourth-order valence-electron chi connectivity index (χ4n) is 2.23. The second-order valence-electron chi connectivity index (χ2n) is 7.26. The molecule has 142 valence electrons. The van der Waals surface area contributed by atoms with Gasteiger partial charge in [-0.25, -0.2) is 4.98 Å². The van der Waals surface area contributed by atoms with Crippen LogP contribution in [0, 0.1) is 6.92 Å². The number of nitrogens with zero attached hydrogens (tertiary/aromatic N) is 2. The number of benzene rings is 1. The smallest absolute Gasteiger partial charge is 0.213 e. The van der Waals surface area contributed by atoms with Gasteiger partial charge in [-0.1, -0.05) is 50.6 Å². The van der Waals surface area contributed by atoms with Crippen molar-refractivity contribution in [3.8, 4) is 0 Å². The molecule has 0 amide bonds. The van der Waals surface area contributed by atoms with Crippen LogP contribution in [0.4, 0.5) is 0 Å². The molecule has 0 spiro atoms. The van der Waals surface area contributed by atoms with Gasteiger partial charge in [0, 0.05) is 30.5 Å². The average molecular weight is 375 g/mol. The first-order valence-corrected chi connectivity index (χ1v) is 10.1. The Bertz CT molecular complexity index is 701. The summed E-state index contributed by atoms with van der Waals surface area (Å²) in [6, 6.07) is 8.71. The maximum absolute atomic E-state index is 5.78. The highest BCUT2D eigenvalue weighted by Crippen LogP contribution is 2.22. The van der Waals surface area contributed by atoms with Crippen LogP contribution in [0.15, 0.2) is 39.9 Å². The predicted octanol–water partition coefficient (Wildman–Crippen LogP) is 3.88. The summed E-state index contributed by atoms with van der Waals surface area (Å²) >= 11 is 1.91. The van der Waals surface area contributed by atoms with Crippen LogP contribution < -0.4 is 10.6 Å². The number of nitrogens with one attached hydrogen (secondary N) is 2. The lowest BCUT2D eigenvalue weighted by Crippen LogP contribution is -2.38. The maximum atomic E-state index is 5.78. The zero-order chi connectivity index (χ0) is 19.0. The van der Waals surface area contributed by atoms with Crippen LogP contribution in [0.25, 0.3) is 0 Å². The molecular formula is C20H30N4OS. The van der Waals surface area contributed by atoms with Crippen molar-refractivity contribution in [2.24, 2.45) is 4.99 Å². The first-order valence-electron chi connectivity index (χ1n) is 8.91. The number of aryl methyl sites for hydroxylation is 1. The Morgan fingerprint density at radius 1 is 1.19 bits per heavy atom.